The molecule has 0 unspecified atom stereocenters. The maximum Gasteiger partial charge on any atom is 0.264 e. The van der Waals surface area contributed by atoms with E-state index in [4.69, 9.17) is 4.55 Å². The summed E-state index contributed by atoms with van der Waals surface area (Å²) in [7, 11) is -4.05. The van der Waals surface area contributed by atoms with Gasteiger partial charge in [0.25, 0.3) is 10.1 Å². The Hall–Kier alpha value is -2.71. The highest BCUT2D eigenvalue weighted by Gasteiger charge is 2.35. The summed E-state index contributed by atoms with van der Waals surface area (Å²) in [6.07, 6.45) is 0.913. The number of carbonyl (C=O) groups is 2. The molecule has 1 aliphatic carbocycles. The largest absolute Gasteiger partial charge is 0.507 e. The van der Waals surface area contributed by atoms with Gasteiger partial charge in [0, 0.05) is 11.1 Å². The van der Waals surface area contributed by atoms with E-state index < -0.39 is 21.7 Å². The first-order chi connectivity index (χ1) is 12.2. The van der Waals surface area contributed by atoms with Gasteiger partial charge in [0.15, 0.2) is 11.6 Å². The van der Waals surface area contributed by atoms with Crippen LogP contribution in [0.4, 0.5) is 0 Å². The molecule has 0 fully saturated rings. The zero-order chi connectivity index (χ0) is 19.1. The van der Waals surface area contributed by atoms with Crippen LogP contribution in [-0.2, 0) is 16.5 Å². The van der Waals surface area contributed by atoms with Crippen LogP contribution in [0.1, 0.15) is 50.2 Å². The van der Waals surface area contributed by atoms with Crippen LogP contribution in [0.2, 0.25) is 0 Å². The van der Waals surface area contributed by atoms with Crippen molar-refractivity contribution in [3.63, 3.8) is 0 Å². The molecule has 7 nitrogen and oxygen atoms in total. The Balaban J connectivity index is 1.98. The molecule has 136 valence electrons. The van der Waals surface area contributed by atoms with Crippen molar-refractivity contribution in [2.24, 2.45) is 0 Å². The van der Waals surface area contributed by atoms with E-state index in [0.29, 0.717) is 18.4 Å². The molecule has 0 aliphatic heterocycles. The van der Waals surface area contributed by atoms with Crippen molar-refractivity contribution in [1.82, 2.24) is 0 Å². The van der Waals surface area contributed by atoms with Crippen LogP contribution in [0.5, 0.6) is 11.5 Å². The highest BCUT2D eigenvalue weighted by Crippen LogP contribution is 2.38. The van der Waals surface area contributed by atoms with Gasteiger partial charge in [-0.1, -0.05) is 18.2 Å². The number of rotatable bonds is 5. The van der Waals surface area contributed by atoms with Crippen molar-refractivity contribution < 1.29 is 32.8 Å². The lowest BCUT2D eigenvalue weighted by Crippen LogP contribution is -2.23. The Bertz CT molecular complexity index is 1020. The molecule has 0 atom stereocenters. The van der Waals surface area contributed by atoms with Gasteiger partial charge < -0.3 is 10.2 Å². The Kier molecular flexibility index (Phi) is 4.55. The van der Waals surface area contributed by atoms with Crippen molar-refractivity contribution >= 4 is 21.7 Å². The molecule has 8 heteroatoms. The standard InChI is InChI=1S/C18H16O7S/c19-12-7-8-13(20)16-15(12)17(21)11-6-3-5-10(14(11)18(16)22)4-1-2-9-26(23,24)25/h3,5-8,19-20H,1-2,4,9H2,(H,23,24,25). The van der Waals surface area contributed by atoms with Crippen molar-refractivity contribution in [1.29, 1.82) is 0 Å². The van der Waals surface area contributed by atoms with Gasteiger partial charge in [-0.3, -0.25) is 14.1 Å². The predicted octanol–water partition coefficient (Wildman–Crippen LogP) is 2.08. The number of benzene rings is 2. The lowest BCUT2D eigenvalue weighted by molar-refractivity contribution is 0.0973. The first kappa shape index (κ1) is 18.1. The van der Waals surface area contributed by atoms with E-state index in [1.54, 1.807) is 12.1 Å². The summed E-state index contributed by atoms with van der Waals surface area (Å²) >= 11 is 0. The van der Waals surface area contributed by atoms with Crippen molar-refractivity contribution in [3.8, 4) is 11.5 Å². The number of aromatic hydroxyl groups is 2. The minimum atomic E-state index is -4.05. The zero-order valence-corrected chi connectivity index (χ0v) is 14.4. The molecule has 3 N–H and O–H groups in total. The quantitative estimate of drug-likeness (QED) is 0.353. The second-order valence-corrected chi connectivity index (χ2v) is 7.67. The third-order valence-corrected chi connectivity index (χ3v) is 5.14. The van der Waals surface area contributed by atoms with Crippen LogP contribution < -0.4 is 0 Å². The fourth-order valence-electron chi connectivity index (χ4n) is 3.17. The molecule has 0 saturated carbocycles. The van der Waals surface area contributed by atoms with Gasteiger partial charge in [-0.15, -0.1) is 0 Å². The summed E-state index contributed by atoms with van der Waals surface area (Å²) in [4.78, 5) is 25.6. The number of phenols is 2. The van der Waals surface area contributed by atoms with Crippen LogP contribution in [0.25, 0.3) is 0 Å². The van der Waals surface area contributed by atoms with Gasteiger partial charge in [-0.2, -0.15) is 8.42 Å². The Morgan fingerprint density at radius 1 is 0.808 bits per heavy atom. The van der Waals surface area contributed by atoms with E-state index in [9.17, 15) is 28.2 Å². The molecule has 2 aromatic carbocycles. The smallest absolute Gasteiger partial charge is 0.264 e. The molecule has 1 aliphatic rings. The molecule has 0 heterocycles. The fourth-order valence-corrected chi connectivity index (χ4v) is 3.73. The summed E-state index contributed by atoms with van der Waals surface area (Å²) in [5, 5.41) is 20.0. The molecule has 0 spiro atoms. The van der Waals surface area contributed by atoms with E-state index in [1.165, 1.54) is 6.07 Å². The van der Waals surface area contributed by atoms with Crippen LogP contribution in [0.15, 0.2) is 30.3 Å². The Labute approximate surface area is 149 Å². The first-order valence-electron chi connectivity index (χ1n) is 7.92. The van der Waals surface area contributed by atoms with Crippen molar-refractivity contribution in [2.45, 2.75) is 19.3 Å². The number of phenolic OH excluding ortho intramolecular Hbond substituents is 2. The number of carbonyl (C=O) groups excluding carboxylic acids is 2. The third-order valence-electron chi connectivity index (χ3n) is 4.34. The van der Waals surface area contributed by atoms with E-state index in [0.717, 1.165) is 12.1 Å². The second-order valence-electron chi connectivity index (χ2n) is 6.09. The van der Waals surface area contributed by atoms with E-state index in [1.807, 2.05) is 0 Å². The molecular formula is C18H16O7S. The summed E-state index contributed by atoms with van der Waals surface area (Å²) in [6.45, 7) is 0. The lowest BCUT2D eigenvalue weighted by atomic mass is 9.80. The molecule has 3 rings (SSSR count). The first-order valence-corrected chi connectivity index (χ1v) is 9.53. The fraction of sp³-hybridized carbons (Fsp3) is 0.222. The molecule has 2 aromatic rings. The highest BCUT2D eigenvalue weighted by molar-refractivity contribution is 7.85. The average Bonchev–Trinajstić information content (AvgIpc) is 2.57. The summed E-state index contributed by atoms with van der Waals surface area (Å²) in [5.41, 5.74) is 0.386. The van der Waals surface area contributed by atoms with Crippen molar-refractivity contribution in [3.05, 3.63) is 58.1 Å². The third kappa shape index (κ3) is 3.21. The van der Waals surface area contributed by atoms with Gasteiger partial charge in [0.2, 0.25) is 0 Å². The van der Waals surface area contributed by atoms with Crippen molar-refractivity contribution in [2.75, 3.05) is 5.75 Å². The highest BCUT2D eigenvalue weighted by atomic mass is 32.2. The van der Waals surface area contributed by atoms with Gasteiger partial charge in [-0.25, -0.2) is 0 Å². The van der Waals surface area contributed by atoms with Crippen LogP contribution in [0.3, 0.4) is 0 Å². The van der Waals surface area contributed by atoms with Gasteiger partial charge in [0.1, 0.15) is 11.5 Å². The van der Waals surface area contributed by atoms with Gasteiger partial charge >= 0.3 is 0 Å². The van der Waals surface area contributed by atoms with Gasteiger partial charge in [-0.05, 0) is 37.0 Å². The molecule has 0 saturated heterocycles. The predicted molar refractivity (Wildman–Crippen MR) is 92.4 cm³/mol. The maximum atomic E-state index is 12.9. The number of hydrogen-bond donors (Lipinski definition) is 3. The summed E-state index contributed by atoms with van der Waals surface area (Å²) < 4.78 is 30.3. The monoisotopic (exact) mass is 376 g/mol. The Morgan fingerprint density at radius 3 is 2.04 bits per heavy atom. The summed E-state index contributed by atoms with van der Waals surface area (Å²) in [6, 6.07) is 7.04. The van der Waals surface area contributed by atoms with Gasteiger partial charge in [0.05, 0.1) is 16.9 Å². The topological polar surface area (TPSA) is 129 Å². The maximum absolute atomic E-state index is 12.9. The second kappa shape index (κ2) is 6.54. The lowest BCUT2D eigenvalue weighted by Gasteiger charge is -2.21. The van der Waals surface area contributed by atoms with Crippen LogP contribution in [-0.4, -0.2) is 40.5 Å². The van der Waals surface area contributed by atoms with E-state index in [2.05, 4.69) is 0 Å². The number of unbranched alkanes of at least 4 members (excludes halogenated alkanes) is 1. The normalized spacial score (nSPS) is 13.4. The summed E-state index contributed by atoms with van der Waals surface area (Å²) in [5.74, 6) is -2.26. The van der Waals surface area contributed by atoms with Crippen LogP contribution in [0, 0.1) is 0 Å². The van der Waals surface area contributed by atoms with Crippen LogP contribution >= 0.6 is 0 Å². The van der Waals surface area contributed by atoms with E-state index in [-0.39, 0.29) is 45.9 Å². The number of aryl methyl sites for hydroxylation is 1. The molecule has 0 aromatic heterocycles. The average molecular weight is 376 g/mol. The zero-order valence-electron chi connectivity index (χ0n) is 13.6. The van der Waals surface area contributed by atoms with E-state index >= 15 is 0 Å². The molecule has 0 radical (unpaired) electrons. The number of ketones is 2. The minimum Gasteiger partial charge on any atom is -0.507 e. The molecule has 0 bridgehead atoms. The number of hydrogen-bond acceptors (Lipinski definition) is 6. The minimum absolute atomic E-state index is 0.135. The SMILES string of the molecule is O=C1c2cccc(CCCCS(=O)(=O)O)c2C(=O)c2c(O)ccc(O)c21. The molecular weight excluding hydrogens is 360 g/mol. The molecule has 26 heavy (non-hydrogen) atoms. The Morgan fingerprint density at radius 2 is 1.42 bits per heavy atom. The number of fused-ring (bicyclic) bond motifs is 2. The molecule has 0 amide bonds.